The van der Waals surface area contributed by atoms with Crippen molar-refractivity contribution < 1.29 is 9.18 Å². The largest absolute Gasteiger partial charge is 0.383 e. The molecule has 0 saturated carbocycles. The number of nitrogens with two attached hydrogens (primary N) is 1. The highest BCUT2D eigenvalue weighted by Gasteiger charge is 2.12. The summed E-state index contributed by atoms with van der Waals surface area (Å²) >= 11 is 5.69. The summed E-state index contributed by atoms with van der Waals surface area (Å²) in [6.45, 7) is 3.54. The number of hydrogen-bond donors (Lipinski definition) is 1. The van der Waals surface area contributed by atoms with Crippen molar-refractivity contribution in [1.29, 1.82) is 0 Å². The van der Waals surface area contributed by atoms with Crippen LogP contribution in [-0.4, -0.2) is 16.3 Å². The van der Waals surface area contributed by atoms with Gasteiger partial charge in [-0.3, -0.25) is 4.79 Å². The fraction of sp³-hybridized carbons (Fsp3) is 0. The van der Waals surface area contributed by atoms with Crippen LogP contribution in [0.2, 0.25) is 5.02 Å². The lowest BCUT2D eigenvalue weighted by Crippen LogP contribution is -2.04. The molecule has 0 fully saturated rings. The summed E-state index contributed by atoms with van der Waals surface area (Å²) in [5, 5.41) is -0.0554. The molecule has 96 valence electrons. The molecule has 0 spiro atoms. The average molecular weight is 278 g/mol. The maximum Gasteiger partial charge on any atom is 0.169 e. The second-order valence-electron chi connectivity index (χ2n) is 3.68. The van der Waals surface area contributed by atoms with Gasteiger partial charge in [-0.25, -0.2) is 14.4 Å². The number of rotatable bonds is 3. The van der Waals surface area contributed by atoms with Crippen LogP contribution in [-0.2, 0) is 0 Å². The van der Waals surface area contributed by atoms with Crippen LogP contribution in [0.15, 0.2) is 24.8 Å². The monoisotopic (exact) mass is 277 g/mol. The first-order valence-electron chi connectivity index (χ1n) is 5.27. The van der Waals surface area contributed by atoms with E-state index < -0.39 is 5.82 Å². The SMILES string of the molecule is C=Cc1c(N)nc(-c2ccc(F)c(Cl)c2)nc1C=O. The van der Waals surface area contributed by atoms with Crippen LogP contribution < -0.4 is 5.73 Å². The highest BCUT2D eigenvalue weighted by Crippen LogP contribution is 2.24. The lowest BCUT2D eigenvalue weighted by Gasteiger charge is -2.07. The van der Waals surface area contributed by atoms with Gasteiger partial charge in [-0.05, 0) is 18.2 Å². The summed E-state index contributed by atoms with van der Waals surface area (Å²) < 4.78 is 13.1. The zero-order chi connectivity index (χ0) is 14.0. The third-order valence-corrected chi connectivity index (χ3v) is 2.79. The van der Waals surface area contributed by atoms with Crippen molar-refractivity contribution in [1.82, 2.24) is 9.97 Å². The highest BCUT2D eigenvalue weighted by atomic mass is 35.5. The van der Waals surface area contributed by atoms with E-state index in [0.29, 0.717) is 17.4 Å². The number of carbonyl (C=O) groups is 1. The van der Waals surface area contributed by atoms with Crippen molar-refractivity contribution in [2.45, 2.75) is 0 Å². The predicted molar refractivity (Wildman–Crippen MR) is 72.3 cm³/mol. The molecule has 0 aliphatic carbocycles. The molecule has 0 saturated heterocycles. The molecule has 0 radical (unpaired) electrons. The molecule has 2 N–H and O–H groups in total. The number of aromatic nitrogens is 2. The maximum atomic E-state index is 13.1. The number of nitrogen functional groups attached to an aromatic ring is 1. The fourth-order valence-corrected chi connectivity index (χ4v) is 1.75. The van der Waals surface area contributed by atoms with Crippen LogP contribution in [0.3, 0.4) is 0 Å². The first-order valence-corrected chi connectivity index (χ1v) is 5.65. The van der Waals surface area contributed by atoms with Gasteiger partial charge in [0.05, 0.1) is 5.02 Å². The molecule has 0 unspecified atom stereocenters. The number of aldehydes is 1. The zero-order valence-corrected chi connectivity index (χ0v) is 10.5. The van der Waals surface area contributed by atoms with Crippen LogP contribution in [0.5, 0.6) is 0 Å². The van der Waals surface area contributed by atoms with Gasteiger partial charge in [-0.1, -0.05) is 24.3 Å². The molecule has 0 amide bonds. The van der Waals surface area contributed by atoms with Gasteiger partial charge in [-0.15, -0.1) is 0 Å². The second-order valence-corrected chi connectivity index (χ2v) is 4.09. The minimum atomic E-state index is -0.545. The Kier molecular flexibility index (Phi) is 3.57. The van der Waals surface area contributed by atoms with Crippen LogP contribution in [0.4, 0.5) is 10.2 Å². The standard InChI is InChI=1S/C13H9ClFN3O/c1-2-8-11(6-19)17-13(18-12(8)16)7-3-4-10(15)9(14)5-7/h2-6H,1H2,(H2,16,17,18). The van der Waals surface area contributed by atoms with E-state index in [2.05, 4.69) is 16.5 Å². The van der Waals surface area contributed by atoms with E-state index in [1.54, 1.807) is 0 Å². The average Bonchev–Trinajstić information content (AvgIpc) is 2.40. The number of hydrogen-bond acceptors (Lipinski definition) is 4. The van der Waals surface area contributed by atoms with E-state index in [4.69, 9.17) is 17.3 Å². The Labute approximate surface area is 113 Å². The lowest BCUT2D eigenvalue weighted by atomic mass is 10.1. The minimum absolute atomic E-state index is 0.0554. The lowest BCUT2D eigenvalue weighted by molar-refractivity contribution is 0.111. The van der Waals surface area contributed by atoms with Gasteiger partial charge in [0.2, 0.25) is 0 Å². The van der Waals surface area contributed by atoms with Crippen LogP contribution in [0.1, 0.15) is 16.1 Å². The van der Waals surface area contributed by atoms with Gasteiger partial charge >= 0.3 is 0 Å². The number of nitrogens with zero attached hydrogens (tertiary/aromatic N) is 2. The number of carbonyl (C=O) groups excluding carboxylic acids is 1. The quantitative estimate of drug-likeness (QED) is 0.876. The highest BCUT2D eigenvalue weighted by molar-refractivity contribution is 6.31. The summed E-state index contributed by atoms with van der Waals surface area (Å²) in [6.07, 6.45) is 1.96. The third kappa shape index (κ3) is 2.46. The molecule has 0 bridgehead atoms. The van der Waals surface area contributed by atoms with E-state index >= 15 is 0 Å². The maximum absolute atomic E-state index is 13.1. The predicted octanol–water partition coefficient (Wildman–Crippen LogP) is 2.97. The van der Waals surface area contributed by atoms with E-state index in [1.165, 1.54) is 24.3 Å². The molecule has 6 heteroatoms. The Morgan fingerprint density at radius 2 is 2.11 bits per heavy atom. The van der Waals surface area contributed by atoms with E-state index in [1.807, 2.05) is 0 Å². The molecule has 1 heterocycles. The van der Waals surface area contributed by atoms with E-state index in [-0.39, 0.29) is 22.4 Å². The molecule has 0 aliphatic rings. The Balaban J connectivity index is 2.62. The smallest absolute Gasteiger partial charge is 0.169 e. The molecule has 1 aromatic heterocycles. The van der Waals surface area contributed by atoms with Crippen LogP contribution in [0.25, 0.3) is 17.5 Å². The van der Waals surface area contributed by atoms with Crippen molar-refractivity contribution >= 4 is 29.8 Å². The molecular weight excluding hydrogens is 269 g/mol. The number of halogens is 2. The summed E-state index contributed by atoms with van der Waals surface area (Å²) in [5.41, 5.74) is 6.69. The van der Waals surface area contributed by atoms with Crippen molar-refractivity contribution in [2.24, 2.45) is 0 Å². The van der Waals surface area contributed by atoms with Gasteiger partial charge in [0.15, 0.2) is 12.1 Å². The fourth-order valence-electron chi connectivity index (χ4n) is 1.57. The molecule has 0 atom stereocenters. The number of benzene rings is 1. The minimum Gasteiger partial charge on any atom is -0.383 e. The van der Waals surface area contributed by atoms with Gasteiger partial charge in [0.25, 0.3) is 0 Å². The molecule has 2 rings (SSSR count). The van der Waals surface area contributed by atoms with Crippen molar-refractivity contribution in [3.05, 3.63) is 46.9 Å². The van der Waals surface area contributed by atoms with Gasteiger partial charge in [0, 0.05) is 11.1 Å². The van der Waals surface area contributed by atoms with Gasteiger partial charge in [-0.2, -0.15) is 0 Å². The first kappa shape index (κ1) is 13.2. The molecule has 0 aliphatic heterocycles. The Morgan fingerprint density at radius 1 is 1.37 bits per heavy atom. The molecule has 4 nitrogen and oxygen atoms in total. The molecular formula is C13H9ClFN3O. The van der Waals surface area contributed by atoms with Crippen LogP contribution in [0, 0.1) is 5.82 Å². The second kappa shape index (κ2) is 5.16. The summed E-state index contributed by atoms with van der Waals surface area (Å²) in [5.74, 6) is -0.216. The Hall–Kier alpha value is -2.27. The van der Waals surface area contributed by atoms with Crippen LogP contribution >= 0.6 is 11.6 Å². The van der Waals surface area contributed by atoms with Crippen molar-refractivity contribution in [2.75, 3.05) is 5.73 Å². The van der Waals surface area contributed by atoms with Crippen molar-refractivity contribution in [3.63, 3.8) is 0 Å². The topological polar surface area (TPSA) is 68.9 Å². The summed E-state index contributed by atoms with van der Waals surface area (Å²) in [4.78, 5) is 19.1. The third-order valence-electron chi connectivity index (χ3n) is 2.50. The Bertz CT molecular complexity index is 673. The number of anilines is 1. The summed E-state index contributed by atoms with van der Waals surface area (Å²) in [6, 6.07) is 4.02. The van der Waals surface area contributed by atoms with Gasteiger partial charge in [0.1, 0.15) is 17.3 Å². The molecule has 19 heavy (non-hydrogen) atoms. The normalized spacial score (nSPS) is 10.2. The molecule has 1 aromatic carbocycles. The van der Waals surface area contributed by atoms with E-state index in [0.717, 1.165) is 0 Å². The zero-order valence-electron chi connectivity index (χ0n) is 9.73. The van der Waals surface area contributed by atoms with E-state index in [9.17, 15) is 9.18 Å². The van der Waals surface area contributed by atoms with Gasteiger partial charge < -0.3 is 5.73 Å². The molecule has 2 aromatic rings. The summed E-state index contributed by atoms with van der Waals surface area (Å²) in [7, 11) is 0. The Morgan fingerprint density at radius 3 is 2.68 bits per heavy atom. The van der Waals surface area contributed by atoms with Crippen molar-refractivity contribution in [3.8, 4) is 11.4 Å². The first-order chi connectivity index (χ1) is 9.06.